The predicted molar refractivity (Wildman–Crippen MR) is 102 cm³/mol. The highest BCUT2D eigenvalue weighted by atomic mass is 32.2. The number of carbonyl (C=O) groups is 1. The van der Waals surface area contributed by atoms with E-state index in [-0.39, 0.29) is 17.5 Å². The van der Waals surface area contributed by atoms with Crippen LogP contribution >= 0.6 is 11.8 Å². The Hall–Kier alpha value is -2.61. The second-order valence-electron chi connectivity index (χ2n) is 5.96. The Kier molecular flexibility index (Phi) is 6.28. The summed E-state index contributed by atoms with van der Waals surface area (Å²) in [7, 11) is 0. The fourth-order valence-corrected chi connectivity index (χ4v) is 3.51. The maximum Gasteiger partial charge on any atom is 0.230 e. The van der Waals surface area contributed by atoms with Gasteiger partial charge in [-0.15, -0.1) is 10.2 Å². The Labute approximate surface area is 161 Å². The lowest BCUT2D eigenvalue weighted by atomic mass is 10.1. The van der Waals surface area contributed by atoms with Gasteiger partial charge in [0.05, 0.1) is 17.6 Å². The van der Waals surface area contributed by atoms with Crippen LogP contribution in [0.3, 0.4) is 0 Å². The Morgan fingerprint density at radius 3 is 2.70 bits per heavy atom. The Bertz CT molecular complexity index is 905. The van der Waals surface area contributed by atoms with Gasteiger partial charge in [-0.1, -0.05) is 23.9 Å². The van der Waals surface area contributed by atoms with Gasteiger partial charge in [-0.25, -0.2) is 4.39 Å². The smallest absolute Gasteiger partial charge is 0.230 e. The molecule has 0 aliphatic rings. The van der Waals surface area contributed by atoms with Crippen LogP contribution in [0.15, 0.2) is 46.2 Å². The fraction of sp³-hybridized carbons (Fsp3) is 0.316. The van der Waals surface area contributed by atoms with E-state index in [0.29, 0.717) is 24.7 Å². The Morgan fingerprint density at radius 2 is 2.04 bits per heavy atom. The summed E-state index contributed by atoms with van der Waals surface area (Å²) in [6.07, 6.45) is 2.28. The van der Waals surface area contributed by atoms with Gasteiger partial charge in [0.2, 0.25) is 5.91 Å². The molecule has 1 aromatic carbocycles. The molecule has 0 aliphatic heterocycles. The lowest BCUT2D eigenvalue weighted by Gasteiger charge is -2.07. The Morgan fingerprint density at radius 1 is 1.26 bits per heavy atom. The number of aromatic nitrogens is 3. The summed E-state index contributed by atoms with van der Waals surface area (Å²) in [5.41, 5.74) is 1.88. The summed E-state index contributed by atoms with van der Waals surface area (Å²) in [6.45, 7) is 5.09. The van der Waals surface area contributed by atoms with E-state index in [2.05, 4.69) is 15.5 Å². The number of halogens is 1. The zero-order valence-electron chi connectivity index (χ0n) is 15.2. The number of nitrogens with one attached hydrogen (secondary N) is 1. The highest BCUT2D eigenvalue weighted by Gasteiger charge is 2.17. The molecule has 6 nitrogen and oxygen atoms in total. The maximum atomic E-state index is 12.9. The van der Waals surface area contributed by atoms with E-state index in [1.54, 1.807) is 18.4 Å². The van der Waals surface area contributed by atoms with Gasteiger partial charge in [-0.3, -0.25) is 4.79 Å². The highest BCUT2D eigenvalue weighted by Crippen LogP contribution is 2.26. The van der Waals surface area contributed by atoms with E-state index in [1.807, 2.05) is 24.5 Å². The molecule has 0 radical (unpaired) electrons. The van der Waals surface area contributed by atoms with Crippen molar-refractivity contribution in [3.63, 3.8) is 0 Å². The number of hydrogen-bond acceptors (Lipinski definition) is 5. The molecule has 142 valence electrons. The number of thioether (sulfide) groups is 1. The lowest BCUT2D eigenvalue weighted by Crippen LogP contribution is -2.27. The van der Waals surface area contributed by atoms with Crippen LogP contribution in [0.1, 0.15) is 18.2 Å². The monoisotopic (exact) mass is 388 g/mol. The molecule has 2 aromatic heterocycles. The van der Waals surface area contributed by atoms with Crippen molar-refractivity contribution in [1.82, 2.24) is 20.1 Å². The molecule has 0 bridgehead atoms. The molecule has 0 spiro atoms. The van der Waals surface area contributed by atoms with Crippen LogP contribution in [-0.4, -0.2) is 33.0 Å². The topological polar surface area (TPSA) is 73.0 Å². The summed E-state index contributed by atoms with van der Waals surface area (Å²) in [5.74, 6) is 1.44. The van der Waals surface area contributed by atoms with Crippen LogP contribution < -0.4 is 5.32 Å². The largest absolute Gasteiger partial charge is 0.469 e. The second-order valence-corrected chi connectivity index (χ2v) is 6.90. The molecule has 3 rings (SSSR count). The molecule has 0 saturated carbocycles. The van der Waals surface area contributed by atoms with E-state index in [0.717, 1.165) is 22.7 Å². The van der Waals surface area contributed by atoms with Gasteiger partial charge in [0.15, 0.2) is 11.0 Å². The molecule has 0 aliphatic carbocycles. The molecule has 1 N–H and O–H groups in total. The molecule has 0 unspecified atom stereocenters. The SMILES string of the molecule is CCn1c(SCC(=O)NCCc2ccc(F)cc2)nnc1-c1ccoc1C. The van der Waals surface area contributed by atoms with Crippen LogP contribution in [0, 0.1) is 12.7 Å². The van der Waals surface area contributed by atoms with Crippen LogP contribution in [0.4, 0.5) is 4.39 Å². The molecular weight excluding hydrogens is 367 g/mol. The van der Waals surface area contributed by atoms with Crippen molar-refractivity contribution in [2.75, 3.05) is 12.3 Å². The fourth-order valence-electron chi connectivity index (χ4n) is 2.68. The maximum absolute atomic E-state index is 12.9. The minimum atomic E-state index is -0.260. The molecule has 3 aromatic rings. The molecule has 0 atom stereocenters. The molecule has 0 saturated heterocycles. The number of aryl methyl sites for hydroxylation is 1. The molecule has 1 amide bonds. The number of rotatable bonds is 8. The number of carbonyl (C=O) groups excluding carboxylic acids is 1. The standard InChI is InChI=1S/C19H21FN4O2S/c1-3-24-18(16-9-11-26-13(16)2)22-23-19(24)27-12-17(25)21-10-8-14-4-6-15(20)7-5-14/h4-7,9,11H,3,8,10,12H2,1-2H3,(H,21,25). The van der Waals surface area contributed by atoms with Crippen molar-refractivity contribution in [2.45, 2.75) is 32.0 Å². The first-order chi connectivity index (χ1) is 13.1. The third kappa shape index (κ3) is 4.77. The van der Waals surface area contributed by atoms with Crippen molar-refractivity contribution < 1.29 is 13.6 Å². The molecule has 0 fully saturated rings. The number of amides is 1. The minimum Gasteiger partial charge on any atom is -0.469 e. The van der Waals surface area contributed by atoms with E-state index < -0.39 is 0 Å². The van der Waals surface area contributed by atoms with E-state index in [1.165, 1.54) is 23.9 Å². The summed E-state index contributed by atoms with van der Waals surface area (Å²) < 4.78 is 20.2. The highest BCUT2D eigenvalue weighted by molar-refractivity contribution is 7.99. The first kappa shape index (κ1) is 19.2. The first-order valence-corrected chi connectivity index (χ1v) is 9.68. The van der Waals surface area contributed by atoms with Gasteiger partial charge in [0.1, 0.15) is 11.6 Å². The van der Waals surface area contributed by atoms with E-state index >= 15 is 0 Å². The number of hydrogen-bond donors (Lipinski definition) is 1. The van der Waals surface area contributed by atoms with Crippen molar-refractivity contribution in [2.24, 2.45) is 0 Å². The average molecular weight is 388 g/mol. The first-order valence-electron chi connectivity index (χ1n) is 8.70. The van der Waals surface area contributed by atoms with Crippen LogP contribution in [0.25, 0.3) is 11.4 Å². The second kappa shape index (κ2) is 8.85. The zero-order chi connectivity index (χ0) is 19.2. The average Bonchev–Trinajstić information content (AvgIpc) is 3.26. The molecular formula is C19H21FN4O2S. The van der Waals surface area contributed by atoms with Crippen molar-refractivity contribution >= 4 is 17.7 Å². The number of furan rings is 1. The normalized spacial score (nSPS) is 10.9. The summed E-state index contributed by atoms with van der Waals surface area (Å²) in [5, 5.41) is 12.0. The van der Waals surface area contributed by atoms with Crippen molar-refractivity contribution in [3.05, 3.63) is 53.7 Å². The summed E-state index contributed by atoms with van der Waals surface area (Å²) in [6, 6.07) is 8.15. The van der Waals surface area contributed by atoms with Gasteiger partial charge in [-0.2, -0.15) is 0 Å². The van der Waals surface area contributed by atoms with Gasteiger partial charge in [0.25, 0.3) is 0 Å². The third-order valence-electron chi connectivity index (χ3n) is 4.11. The minimum absolute atomic E-state index is 0.0752. The molecule has 8 heteroatoms. The van der Waals surface area contributed by atoms with Crippen LogP contribution in [0.2, 0.25) is 0 Å². The number of benzene rings is 1. The van der Waals surface area contributed by atoms with E-state index in [9.17, 15) is 9.18 Å². The third-order valence-corrected chi connectivity index (χ3v) is 5.08. The van der Waals surface area contributed by atoms with Crippen LogP contribution in [-0.2, 0) is 17.8 Å². The Balaban J connectivity index is 1.52. The zero-order valence-corrected chi connectivity index (χ0v) is 16.1. The predicted octanol–water partition coefficient (Wildman–Crippen LogP) is 3.46. The molecule has 2 heterocycles. The van der Waals surface area contributed by atoms with Gasteiger partial charge in [0, 0.05) is 13.1 Å². The van der Waals surface area contributed by atoms with Crippen molar-refractivity contribution in [3.8, 4) is 11.4 Å². The van der Waals surface area contributed by atoms with Gasteiger partial charge in [-0.05, 0) is 44.0 Å². The summed E-state index contributed by atoms with van der Waals surface area (Å²) >= 11 is 1.35. The summed E-state index contributed by atoms with van der Waals surface area (Å²) in [4.78, 5) is 12.1. The van der Waals surface area contributed by atoms with Crippen LogP contribution in [0.5, 0.6) is 0 Å². The van der Waals surface area contributed by atoms with E-state index in [4.69, 9.17) is 4.42 Å². The quantitative estimate of drug-likeness (QED) is 0.598. The van der Waals surface area contributed by atoms with Crippen molar-refractivity contribution in [1.29, 1.82) is 0 Å². The lowest BCUT2D eigenvalue weighted by molar-refractivity contribution is -0.118. The number of nitrogens with zero attached hydrogens (tertiary/aromatic N) is 3. The van der Waals surface area contributed by atoms with Gasteiger partial charge < -0.3 is 14.3 Å². The van der Waals surface area contributed by atoms with Gasteiger partial charge >= 0.3 is 0 Å². The molecule has 27 heavy (non-hydrogen) atoms.